The highest BCUT2D eigenvalue weighted by molar-refractivity contribution is 7.98. The Kier molecular flexibility index (Phi) is 8.11. The predicted octanol–water partition coefficient (Wildman–Crippen LogP) is 3.82. The number of hydrogen-bond donors (Lipinski definition) is 2. The van der Waals surface area contributed by atoms with Gasteiger partial charge < -0.3 is 5.32 Å². The first kappa shape index (κ1) is 22.2. The highest BCUT2D eigenvalue weighted by atomic mass is 35.5. The molecule has 1 heterocycles. The second-order valence-electron chi connectivity index (χ2n) is 5.76. The Morgan fingerprint density at radius 2 is 2.00 bits per heavy atom. The van der Waals surface area contributed by atoms with Crippen molar-refractivity contribution in [2.75, 3.05) is 12.0 Å². The molecule has 148 valence electrons. The first-order valence-electron chi connectivity index (χ1n) is 8.06. The summed E-state index contributed by atoms with van der Waals surface area (Å²) in [7, 11) is -4.18. The zero-order valence-corrected chi connectivity index (χ0v) is 17.9. The molecule has 0 saturated carbocycles. The zero-order chi connectivity index (χ0) is 20.0. The summed E-state index contributed by atoms with van der Waals surface area (Å²) in [4.78, 5) is 13.0. The van der Waals surface area contributed by atoms with Crippen molar-refractivity contribution >= 4 is 50.6 Å². The molecule has 0 spiro atoms. The van der Waals surface area contributed by atoms with Crippen LogP contribution in [0.2, 0.25) is 4.34 Å². The SMILES string of the molecule is CSCCC(NS(=O)(=O)c1ccccc1F)C(=O)NC(C)c1ccc(Cl)s1. The van der Waals surface area contributed by atoms with Crippen molar-refractivity contribution in [3.63, 3.8) is 0 Å². The van der Waals surface area contributed by atoms with E-state index in [0.29, 0.717) is 10.1 Å². The fraction of sp³-hybridized carbons (Fsp3) is 0.353. The van der Waals surface area contributed by atoms with Gasteiger partial charge in [0.15, 0.2) is 0 Å². The average molecular weight is 451 g/mol. The van der Waals surface area contributed by atoms with Crippen LogP contribution < -0.4 is 10.0 Å². The highest BCUT2D eigenvalue weighted by Gasteiger charge is 2.28. The normalized spacial score (nSPS) is 13.9. The van der Waals surface area contributed by atoms with Gasteiger partial charge in [0.1, 0.15) is 16.8 Å². The summed E-state index contributed by atoms with van der Waals surface area (Å²) in [5.74, 6) is -0.770. The molecule has 0 aliphatic carbocycles. The summed E-state index contributed by atoms with van der Waals surface area (Å²) in [6.07, 6.45) is 2.13. The molecule has 2 N–H and O–H groups in total. The lowest BCUT2D eigenvalue weighted by atomic mass is 10.2. The van der Waals surface area contributed by atoms with Crippen molar-refractivity contribution in [1.82, 2.24) is 10.0 Å². The number of carbonyl (C=O) groups excluding carboxylic acids is 1. The van der Waals surface area contributed by atoms with Crippen LogP contribution in [-0.2, 0) is 14.8 Å². The van der Waals surface area contributed by atoms with E-state index >= 15 is 0 Å². The molecule has 0 aliphatic heterocycles. The third kappa shape index (κ3) is 6.18. The van der Waals surface area contributed by atoms with Crippen molar-refractivity contribution in [2.45, 2.75) is 30.3 Å². The first-order chi connectivity index (χ1) is 12.7. The standard InChI is InChI=1S/C17H20ClFN2O3S3/c1-11(14-7-8-16(18)26-14)20-17(22)13(9-10-25-2)21-27(23,24)15-6-4-3-5-12(15)19/h3-8,11,13,21H,9-10H2,1-2H3,(H,20,22). The molecule has 1 amide bonds. The van der Waals surface area contributed by atoms with Crippen LogP contribution in [0.4, 0.5) is 4.39 Å². The summed E-state index contributed by atoms with van der Waals surface area (Å²) in [6, 6.07) is 7.25. The minimum absolute atomic E-state index is 0.276. The van der Waals surface area contributed by atoms with Crippen molar-refractivity contribution in [3.05, 3.63) is 51.4 Å². The summed E-state index contributed by atoms with van der Waals surface area (Å²) in [6.45, 7) is 1.79. The van der Waals surface area contributed by atoms with Crippen LogP contribution >= 0.6 is 34.7 Å². The van der Waals surface area contributed by atoms with Crippen LogP contribution in [0, 0.1) is 5.82 Å². The number of nitrogens with one attached hydrogen (secondary N) is 2. The van der Waals surface area contributed by atoms with E-state index in [-0.39, 0.29) is 12.5 Å². The molecule has 1 aromatic heterocycles. The van der Waals surface area contributed by atoms with Crippen molar-refractivity contribution in [1.29, 1.82) is 0 Å². The number of thiophene rings is 1. The van der Waals surface area contributed by atoms with E-state index in [1.807, 2.05) is 6.26 Å². The average Bonchev–Trinajstić information content (AvgIpc) is 3.05. The number of rotatable bonds is 9. The van der Waals surface area contributed by atoms with Gasteiger partial charge in [0, 0.05) is 4.88 Å². The molecular weight excluding hydrogens is 431 g/mol. The summed E-state index contributed by atoms with van der Waals surface area (Å²) < 4.78 is 41.9. The fourth-order valence-corrected chi connectivity index (χ4v) is 5.18. The first-order valence-corrected chi connectivity index (χ1v) is 12.1. The third-order valence-corrected chi connectivity index (χ3v) is 7.29. The molecule has 0 saturated heterocycles. The zero-order valence-electron chi connectivity index (χ0n) is 14.7. The van der Waals surface area contributed by atoms with Crippen molar-refractivity contribution < 1.29 is 17.6 Å². The van der Waals surface area contributed by atoms with E-state index in [9.17, 15) is 17.6 Å². The maximum absolute atomic E-state index is 13.9. The van der Waals surface area contributed by atoms with Crippen LogP contribution in [0.3, 0.4) is 0 Å². The lowest BCUT2D eigenvalue weighted by molar-refractivity contribution is -0.123. The molecule has 0 aliphatic rings. The highest BCUT2D eigenvalue weighted by Crippen LogP contribution is 2.26. The number of benzene rings is 1. The second kappa shape index (κ2) is 9.88. The molecule has 2 unspecified atom stereocenters. The van der Waals surface area contributed by atoms with Gasteiger partial charge in [-0.05, 0) is 49.6 Å². The lowest BCUT2D eigenvalue weighted by Crippen LogP contribution is -2.47. The van der Waals surface area contributed by atoms with Crippen molar-refractivity contribution in [3.8, 4) is 0 Å². The Labute approximate surface area is 171 Å². The van der Waals surface area contributed by atoms with Crippen LogP contribution in [-0.4, -0.2) is 32.4 Å². The van der Waals surface area contributed by atoms with Gasteiger partial charge >= 0.3 is 0 Å². The van der Waals surface area contributed by atoms with Gasteiger partial charge in [-0.1, -0.05) is 23.7 Å². The van der Waals surface area contributed by atoms with E-state index in [4.69, 9.17) is 11.6 Å². The Hall–Kier alpha value is -1.13. The molecule has 2 atom stereocenters. The lowest BCUT2D eigenvalue weighted by Gasteiger charge is -2.21. The molecule has 0 bridgehead atoms. The van der Waals surface area contributed by atoms with Gasteiger partial charge in [0.25, 0.3) is 0 Å². The molecule has 1 aromatic carbocycles. The number of hydrogen-bond acceptors (Lipinski definition) is 5. The van der Waals surface area contributed by atoms with E-state index in [1.165, 1.54) is 35.2 Å². The molecule has 10 heteroatoms. The molecule has 2 rings (SSSR count). The topological polar surface area (TPSA) is 75.3 Å². The van der Waals surface area contributed by atoms with E-state index in [0.717, 1.165) is 17.0 Å². The number of thioether (sulfide) groups is 1. The van der Waals surface area contributed by atoms with Gasteiger partial charge in [0.05, 0.1) is 10.4 Å². The number of halogens is 2. The number of carbonyl (C=O) groups is 1. The quantitative estimate of drug-likeness (QED) is 0.609. The molecule has 0 radical (unpaired) electrons. The van der Waals surface area contributed by atoms with Gasteiger partial charge in [-0.3, -0.25) is 4.79 Å². The van der Waals surface area contributed by atoms with Crippen LogP contribution in [0.1, 0.15) is 24.3 Å². The minimum atomic E-state index is -4.18. The second-order valence-corrected chi connectivity index (χ2v) is 10.2. The van der Waals surface area contributed by atoms with Crippen LogP contribution in [0.5, 0.6) is 0 Å². The maximum Gasteiger partial charge on any atom is 0.244 e. The van der Waals surface area contributed by atoms with Crippen molar-refractivity contribution in [2.24, 2.45) is 0 Å². The molecule has 0 fully saturated rings. The monoisotopic (exact) mass is 450 g/mol. The van der Waals surface area contributed by atoms with Gasteiger partial charge in [0.2, 0.25) is 15.9 Å². The third-order valence-electron chi connectivity index (χ3n) is 3.73. The Morgan fingerprint density at radius 1 is 1.30 bits per heavy atom. The Balaban J connectivity index is 2.16. The smallest absolute Gasteiger partial charge is 0.244 e. The van der Waals surface area contributed by atoms with E-state index in [2.05, 4.69) is 10.0 Å². The Bertz CT molecular complexity index is 889. The predicted molar refractivity (Wildman–Crippen MR) is 109 cm³/mol. The largest absolute Gasteiger partial charge is 0.347 e. The minimum Gasteiger partial charge on any atom is -0.347 e. The number of amides is 1. The molecule has 5 nitrogen and oxygen atoms in total. The van der Waals surface area contributed by atoms with Crippen LogP contribution in [0.15, 0.2) is 41.3 Å². The van der Waals surface area contributed by atoms with Gasteiger partial charge in [-0.2, -0.15) is 16.5 Å². The summed E-state index contributed by atoms with van der Waals surface area (Å²) in [5, 5.41) is 2.79. The number of sulfonamides is 1. The summed E-state index contributed by atoms with van der Waals surface area (Å²) in [5.41, 5.74) is 0. The van der Waals surface area contributed by atoms with Gasteiger partial charge in [-0.15, -0.1) is 11.3 Å². The van der Waals surface area contributed by atoms with E-state index in [1.54, 1.807) is 19.1 Å². The molecular formula is C17H20ClFN2O3S3. The Morgan fingerprint density at radius 3 is 2.59 bits per heavy atom. The van der Waals surface area contributed by atoms with Crippen LogP contribution in [0.25, 0.3) is 0 Å². The summed E-state index contributed by atoms with van der Waals surface area (Å²) >= 11 is 8.74. The molecule has 2 aromatic rings. The van der Waals surface area contributed by atoms with E-state index < -0.39 is 32.7 Å². The fourth-order valence-electron chi connectivity index (χ4n) is 2.34. The molecule has 27 heavy (non-hydrogen) atoms. The maximum atomic E-state index is 13.9. The van der Waals surface area contributed by atoms with Gasteiger partial charge in [-0.25, -0.2) is 12.8 Å².